The lowest BCUT2D eigenvalue weighted by Gasteiger charge is -2.04. The van der Waals surface area contributed by atoms with Crippen molar-refractivity contribution in [3.63, 3.8) is 0 Å². The molecule has 0 atom stereocenters. The largest absolute Gasteiger partial charge is 0.383 e. The highest BCUT2D eigenvalue weighted by atomic mass is 35.5. The van der Waals surface area contributed by atoms with Crippen LogP contribution in [0.15, 0.2) is 34.0 Å². The molecule has 2 N–H and O–H groups in total. The second-order valence-corrected chi connectivity index (χ2v) is 7.49. The molecule has 0 bridgehead atoms. The van der Waals surface area contributed by atoms with Crippen molar-refractivity contribution in [2.45, 2.75) is 10.8 Å². The molecule has 2 aromatic rings. The van der Waals surface area contributed by atoms with Crippen LogP contribution >= 0.6 is 34.7 Å². The number of nitrogens with one attached hydrogen (secondary N) is 2. The summed E-state index contributed by atoms with van der Waals surface area (Å²) in [5, 5.41) is 7.98. The Balaban J connectivity index is 1.74. The number of methoxy groups -OCH3 is 1. The molecule has 0 aliphatic heterocycles. The molecule has 2 amide bonds. The van der Waals surface area contributed by atoms with E-state index in [1.54, 1.807) is 31.4 Å². The summed E-state index contributed by atoms with van der Waals surface area (Å²) in [4.78, 5) is 28.0. The molecular formula is C16H18ClN3O3S2. The summed E-state index contributed by atoms with van der Waals surface area (Å²) >= 11 is 8.56. The SMILES string of the molecule is COCCNC(=O)Cc1csc(SCC(=O)Nc2ccc(Cl)cc2)n1. The second kappa shape index (κ2) is 10.4. The number of benzene rings is 1. The average molecular weight is 400 g/mol. The van der Waals surface area contributed by atoms with Gasteiger partial charge in [0.2, 0.25) is 11.8 Å². The van der Waals surface area contributed by atoms with Crippen molar-refractivity contribution in [1.29, 1.82) is 0 Å². The fourth-order valence-electron chi connectivity index (χ4n) is 1.81. The Hall–Kier alpha value is -1.61. The van der Waals surface area contributed by atoms with E-state index in [2.05, 4.69) is 15.6 Å². The van der Waals surface area contributed by atoms with E-state index in [0.717, 1.165) is 4.34 Å². The minimum Gasteiger partial charge on any atom is -0.383 e. The van der Waals surface area contributed by atoms with E-state index in [1.807, 2.05) is 5.38 Å². The highest BCUT2D eigenvalue weighted by Gasteiger charge is 2.10. The number of thioether (sulfide) groups is 1. The van der Waals surface area contributed by atoms with Crippen LogP contribution in [0.25, 0.3) is 0 Å². The number of ether oxygens (including phenoxy) is 1. The van der Waals surface area contributed by atoms with E-state index in [-0.39, 0.29) is 24.0 Å². The molecular weight excluding hydrogens is 382 g/mol. The predicted molar refractivity (Wildman–Crippen MR) is 102 cm³/mol. The predicted octanol–water partition coefficient (Wildman–Crippen LogP) is 2.83. The Bertz CT molecular complexity index is 707. The Morgan fingerprint density at radius 3 is 2.76 bits per heavy atom. The molecule has 25 heavy (non-hydrogen) atoms. The lowest BCUT2D eigenvalue weighted by Crippen LogP contribution is -2.28. The number of anilines is 1. The number of amides is 2. The molecule has 0 aliphatic carbocycles. The number of carbonyl (C=O) groups excluding carboxylic acids is 2. The highest BCUT2D eigenvalue weighted by Crippen LogP contribution is 2.23. The fraction of sp³-hybridized carbons (Fsp3) is 0.312. The van der Waals surface area contributed by atoms with Crippen molar-refractivity contribution in [1.82, 2.24) is 10.3 Å². The van der Waals surface area contributed by atoms with Gasteiger partial charge in [0.15, 0.2) is 4.34 Å². The summed E-state index contributed by atoms with van der Waals surface area (Å²) in [6, 6.07) is 6.92. The molecule has 9 heteroatoms. The lowest BCUT2D eigenvalue weighted by atomic mass is 10.3. The quantitative estimate of drug-likeness (QED) is 0.500. The van der Waals surface area contributed by atoms with Crippen LogP contribution in [-0.2, 0) is 20.7 Å². The van der Waals surface area contributed by atoms with E-state index in [4.69, 9.17) is 16.3 Å². The summed E-state index contributed by atoms with van der Waals surface area (Å²) in [7, 11) is 1.58. The molecule has 0 fully saturated rings. The molecule has 0 aliphatic rings. The first-order valence-corrected chi connectivity index (χ1v) is 9.69. The van der Waals surface area contributed by atoms with Gasteiger partial charge in [-0.2, -0.15) is 0 Å². The van der Waals surface area contributed by atoms with Crippen LogP contribution in [0.5, 0.6) is 0 Å². The van der Waals surface area contributed by atoms with Gasteiger partial charge in [-0.15, -0.1) is 11.3 Å². The van der Waals surface area contributed by atoms with Crippen molar-refractivity contribution in [3.8, 4) is 0 Å². The molecule has 6 nitrogen and oxygen atoms in total. The normalized spacial score (nSPS) is 10.5. The standard InChI is InChI=1S/C16H18ClN3O3S2/c1-23-7-6-18-14(21)8-13-9-24-16(20-13)25-10-15(22)19-12-4-2-11(17)3-5-12/h2-5,9H,6-8,10H2,1H3,(H,18,21)(H,19,22). The zero-order chi connectivity index (χ0) is 18.1. The van der Waals surface area contributed by atoms with Gasteiger partial charge < -0.3 is 15.4 Å². The van der Waals surface area contributed by atoms with Crippen LogP contribution in [0.1, 0.15) is 5.69 Å². The molecule has 1 aromatic heterocycles. The molecule has 0 saturated carbocycles. The van der Waals surface area contributed by atoms with Crippen molar-refractivity contribution in [2.75, 3.05) is 31.3 Å². The molecule has 1 heterocycles. The molecule has 0 saturated heterocycles. The summed E-state index contributed by atoms with van der Waals surface area (Å²) in [6.45, 7) is 0.957. The van der Waals surface area contributed by atoms with Gasteiger partial charge in [0, 0.05) is 29.7 Å². The van der Waals surface area contributed by atoms with E-state index < -0.39 is 0 Å². The summed E-state index contributed by atoms with van der Waals surface area (Å²) < 4.78 is 5.63. The van der Waals surface area contributed by atoms with Gasteiger partial charge in [-0.05, 0) is 24.3 Å². The van der Waals surface area contributed by atoms with Crippen LogP contribution in [0.2, 0.25) is 5.02 Å². The summed E-state index contributed by atoms with van der Waals surface area (Å²) in [5.41, 5.74) is 1.39. The molecule has 0 unspecified atom stereocenters. The van der Waals surface area contributed by atoms with Crippen LogP contribution < -0.4 is 10.6 Å². The maximum atomic E-state index is 11.9. The summed E-state index contributed by atoms with van der Waals surface area (Å²) in [5.74, 6) is 0.0241. The third-order valence-corrected chi connectivity index (χ3v) is 5.28. The minimum absolute atomic E-state index is 0.0978. The molecule has 2 rings (SSSR count). The number of carbonyl (C=O) groups is 2. The van der Waals surface area contributed by atoms with Crippen LogP contribution in [0.4, 0.5) is 5.69 Å². The van der Waals surface area contributed by atoms with Crippen molar-refractivity contribution in [3.05, 3.63) is 40.4 Å². The maximum Gasteiger partial charge on any atom is 0.234 e. The zero-order valence-electron chi connectivity index (χ0n) is 13.6. The van der Waals surface area contributed by atoms with Crippen LogP contribution in [0.3, 0.4) is 0 Å². The van der Waals surface area contributed by atoms with E-state index >= 15 is 0 Å². The van der Waals surface area contributed by atoms with Crippen molar-refractivity contribution in [2.24, 2.45) is 0 Å². The Morgan fingerprint density at radius 2 is 2.04 bits per heavy atom. The van der Waals surface area contributed by atoms with Gasteiger partial charge in [-0.25, -0.2) is 4.98 Å². The second-order valence-electron chi connectivity index (χ2n) is 4.97. The third kappa shape index (κ3) is 7.43. The number of nitrogens with zero attached hydrogens (tertiary/aromatic N) is 1. The van der Waals surface area contributed by atoms with E-state index in [0.29, 0.717) is 29.6 Å². The third-order valence-electron chi connectivity index (χ3n) is 2.96. The van der Waals surface area contributed by atoms with Gasteiger partial charge in [-0.1, -0.05) is 23.4 Å². The topological polar surface area (TPSA) is 80.3 Å². The van der Waals surface area contributed by atoms with Gasteiger partial charge in [0.25, 0.3) is 0 Å². The Kier molecular flexibility index (Phi) is 8.20. The smallest absolute Gasteiger partial charge is 0.234 e. The van der Waals surface area contributed by atoms with Gasteiger partial charge >= 0.3 is 0 Å². The summed E-state index contributed by atoms with van der Waals surface area (Å²) in [6.07, 6.45) is 0.220. The minimum atomic E-state index is -0.124. The zero-order valence-corrected chi connectivity index (χ0v) is 16.0. The van der Waals surface area contributed by atoms with Gasteiger partial charge in [0.05, 0.1) is 24.5 Å². The number of rotatable bonds is 9. The molecule has 0 radical (unpaired) electrons. The molecule has 134 valence electrons. The van der Waals surface area contributed by atoms with Crippen LogP contribution in [0, 0.1) is 0 Å². The number of aromatic nitrogens is 1. The number of hydrogen-bond donors (Lipinski definition) is 2. The van der Waals surface area contributed by atoms with Gasteiger partial charge in [0.1, 0.15) is 0 Å². The van der Waals surface area contributed by atoms with Gasteiger partial charge in [-0.3, -0.25) is 9.59 Å². The number of hydrogen-bond acceptors (Lipinski definition) is 6. The van der Waals surface area contributed by atoms with Crippen LogP contribution in [-0.4, -0.2) is 42.8 Å². The van der Waals surface area contributed by atoms with Crippen molar-refractivity contribution < 1.29 is 14.3 Å². The molecule has 1 aromatic carbocycles. The average Bonchev–Trinajstić information content (AvgIpc) is 3.03. The monoisotopic (exact) mass is 399 g/mol. The first-order chi connectivity index (χ1) is 12.1. The highest BCUT2D eigenvalue weighted by molar-refractivity contribution is 8.01. The Morgan fingerprint density at radius 1 is 1.28 bits per heavy atom. The van der Waals surface area contributed by atoms with E-state index in [9.17, 15) is 9.59 Å². The lowest BCUT2D eigenvalue weighted by molar-refractivity contribution is -0.120. The Labute approximate surface area is 159 Å². The van der Waals surface area contributed by atoms with E-state index in [1.165, 1.54) is 23.1 Å². The maximum absolute atomic E-state index is 11.9. The molecule has 0 spiro atoms. The number of halogens is 1. The number of thiazole rings is 1. The first kappa shape index (κ1) is 19.7. The van der Waals surface area contributed by atoms with Crippen molar-refractivity contribution >= 4 is 52.2 Å². The first-order valence-electron chi connectivity index (χ1n) is 7.45. The fourth-order valence-corrected chi connectivity index (χ4v) is 3.58.